The van der Waals surface area contributed by atoms with Gasteiger partial charge in [0, 0.05) is 36.8 Å². The van der Waals surface area contributed by atoms with E-state index in [-0.39, 0.29) is 24.4 Å². The smallest absolute Gasteiger partial charge is 0.253 e. The highest BCUT2D eigenvalue weighted by Crippen LogP contribution is 2.26. The first kappa shape index (κ1) is 17.6. The molecule has 2 aliphatic heterocycles. The maximum Gasteiger partial charge on any atom is 0.253 e. The molecule has 2 unspecified atom stereocenters. The third-order valence-corrected chi connectivity index (χ3v) is 5.27. The third kappa shape index (κ3) is 4.62. The zero-order valence-corrected chi connectivity index (χ0v) is 14.2. The van der Waals surface area contributed by atoms with Crippen molar-refractivity contribution in [2.45, 2.75) is 17.4 Å². The number of amides is 1. The quantitative estimate of drug-likeness (QED) is 0.850. The molecule has 2 saturated heterocycles. The van der Waals surface area contributed by atoms with E-state index in [4.69, 9.17) is 4.74 Å². The van der Waals surface area contributed by atoms with Crippen LogP contribution in [0.2, 0.25) is 0 Å². The summed E-state index contributed by atoms with van der Waals surface area (Å²) in [6.45, 7) is 3.88. The molecular weight excluding hydrogens is 320 g/mol. The number of likely N-dealkylation sites (tertiary alicyclic amines) is 1. The predicted octanol–water partition coefficient (Wildman–Crippen LogP) is 2.04. The van der Waals surface area contributed by atoms with Crippen LogP contribution in [0, 0.1) is 5.92 Å². The Morgan fingerprint density at radius 1 is 1.36 bits per heavy atom. The standard InChI is InChI=1S/C16H22N2O2S.ClH/c19-16(15-10-17-7-9-20-15)18-8-6-13(11-18)12-21-14-4-2-1-3-5-14;/h1-5,13,15,17H,6-12H2;1H. The Hall–Kier alpha value is -0.750. The summed E-state index contributed by atoms with van der Waals surface area (Å²) in [5, 5.41) is 3.22. The topological polar surface area (TPSA) is 41.6 Å². The predicted molar refractivity (Wildman–Crippen MR) is 91.7 cm³/mol. The Kier molecular flexibility index (Phi) is 7.02. The first-order valence-electron chi connectivity index (χ1n) is 7.62. The van der Waals surface area contributed by atoms with Crippen molar-refractivity contribution in [1.82, 2.24) is 10.2 Å². The maximum atomic E-state index is 12.4. The first-order chi connectivity index (χ1) is 10.3. The maximum absolute atomic E-state index is 12.4. The van der Waals surface area contributed by atoms with Crippen molar-refractivity contribution >= 4 is 30.1 Å². The zero-order chi connectivity index (χ0) is 14.5. The summed E-state index contributed by atoms with van der Waals surface area (Å²) in [6, 6.07) is 10.5. The van der Waals surface area contributed by atoms with E-state index in [1.165, 1.54) is 4.90 Å². The van der Waals surface area contributed by atoms with Crippen LogP contribution in [-0.2, 0) is 9.53 Å². The lowest BCUT2D eigenvalue weighted by Gasteiger charge is -2.27. The van der Waals surface area contributed by atoms with Gasteiger partial charge in [0.15, 0.2) is 0 Å². The summed E-state index contributed by atoms with van der Waals surface area (Å²) in [4.78, 5) is 15.7. The third-order valence-electron chi connectivity index (χ3n) is 4.03. The minimum atomic E-state index is -0.278. The molecule has 1 N–H and O–H groups in total. The largest absolute Gasteiger partial charge is 0.366 e. The molecule has 3 rings (SSSR count). The lowest BCUT2D eigenvalue weighted by atomic mass is 10.2. The summed E-state index contributed by atoms with van der Waals surface area (Å²) < 4.78 is 5.56. The molecule has 1 aromatic carbocycles. The number of halogens is 1. The second kappa shape index (κ2) is 8.77. The molecular formula is C16H23ClN2O2S. The van der Waals surface area contributed by atoms with Gasteiger partial charge < -0.3 is 15.0 Å². The fraction of sp³-hybridized carbons (Fsp3) is 0.562. The molecule has 6 heteroatoms. The molecule has 0 spiro atoms. The molecule has 2 heterocycles. The van der Waals surface area contributed by atoms with Gasteiger partial charge in [-0.05, 0) is 24.5 Å². The van der Waals surface area contributed by atoms with Gasteiger partial charge >= 0.3 is 0 Å². The number of rotatable bonds is 4. The highest BCUT2D eigenvalue weighted by atomic mass is 35.5. The van der Waals surface area contributed by atoms with Crippen molar-refractivity contribution in [3.05, 3.63) is 30.3 Å². The van der Waals surface area contributed by atoms with Gasteiger partial charge in [0.25, 0.3) is 5.91 Å². The van der Waals surface area contributed by atoms with Gasteiger partial charge in [0.05, 0.1) is 6.61 Å². The van der Waals surface area contributed by atoms with Gasteiger partial charge in [-0.1, -0.05) is 18.2 Å². The van der Waals surface area contributed by atoms with E-state index in [2.05, 4.69) is 29.6 Å². The van der Waals surface area contributed by atoms with Crippen LogP contribution in [0.1, 0.15) is 6.42 Å². The number of hydrogen-bond acceptors (Lipinski definition) is 4. The van der Waals surface area contributed by atoms with Gasteiger partial charge in [-0.15, -0.1) is 24.2 Å². The molecule has 2 aliphatic rings. The van der Waals surface area contributed by atoms with E-state index in [1.54, 1.807) is 0 Å². The van der Waals surface area contributed by atoms with E-state index in [0.29, 0.717) is 19.1 Å². The first-order valence-corrected chi connectivity index (χ1v) is 8.60. The number of hydrogen-bond donors (Lipinski definition) is 1. The van der Waals surface area contributed by atoms with Crippen LogP contribution < -0.4 is 5.32 Å². The fourth-order valence-electron chi connectivity index (χ4n) is 2.83. The number of benzene rings is 1. The summed E-state index contributed by atoms with van der Waals surface area (Å²) in [7, 11) is 0. The van der Waals surface area contributed by atoms with E-state index in [0.717, 1.165) is 31.8 Å². The number of nitrogens with zero attached hydrogens (tertiary/aromatic N) is 1. The lowest BCUT2D eigenvalue weighted by molar-refractivity contribution is -0.144. The van der Waals surface area contributed by atoms with Gasteiger partial charge in [-0.3, -0.25) is 4.79 Å². The van der Waals surface area contributed by atoms with E-state index in [9.17, 15) is 4.79 Å². The zero-order valence-electron chi connectivity index (χ0n) is 12.6. The molecule has 122 valence electrons. The van der Waals surface area contributed by atoms with E-state index >= 15 is 0 Å². The van der Waals surface area contributed by atoms with Crippen molar-refractivity contribution in [3.63, 3.8) is 0 Å². The van der Waals surface area contributed by atoms with E-state index < -0.39 is 0 Å². The molecule has 0 saturated carbocycles. The van der Waals surface area contributed by atoms with Gasteiger partial charge in [0.2, 0.25) is 0 Å². The highest BCUT2D eigenvalue weighted by molar-refractivity contribution is 7.99. The fourth-order valence-corrected chi connectivity index (χ4v) is 3.88. The van der Waals surface area contributed by atoms with Crippen LogP contribution >= 0.6 is 24.2 Å². The van der Waals surface area contributed by atoms with Crippen molar-refractivity contribution in [3.8, 4) is 0 Å². The van der Waals surface area contributed by atoms with Crippen LogP contribution in [0.5, 0.6) is 0 Å². The number of carbonyl (C=O) groups excluding carboxylic acids is 1. The van der Waals surface area contributed by atoms with Crippen molar-refractivity contribution in [2.75, 3.05) is 38.5 Å². The average molecular weight is 343 g/mol. The molecule has 2 fully saturated rings. The number of morpholine rings is 1. The molecule has 1 amide bonds. The lowest BCUT2D eigenvalue weighted by Crippen LogP contribution is -2.48. The molecule has 2 atom stereocenters. The van der Waals surface area contributed by atoms with Gasteiger partial charge in [-0.25, -0.2) is 0 Å². The normalized spacial score (nSPS) is 24.8. The second-order valence-electron chi connectivity index (χ2n) is 5.63. The highest BCUT2D eigenvalue weighted by Gasteiger charge is 2.32. The molecule has 0 aliphatic carbocycles. The van der Waals surface area contributed by atoms with Crippen molar-refractivity contribution in [2.24, 2.45) is 5.92 Å². The van der Waals surface area contributed by atoms with Gasteiger partial charge in [0.1, 0.15) is 6.10 Å². The Balaban J connectivity index is 0.00000176. The van der Waals surface area contributed by atoms with Crippen LogP contribution in [-0.4, -0.2) is 55.4 Å². The Morgan fingerprint density at radius 2 is 2.18 bits per heavy atom. The monoisotopic (exact) mass is 342 g/mol. The molecule has 4 nitrogen and oxygen atoms in total. The Morgan fingerprint density at radius 3 is 2.91 bits per heavy atom. The average Bonchev–Trinajstić information content (AvgIpc) is 3.03. The van der Waals surface area contributed by atoms with Crippen LogP contribution in [0.4, 0.5) is 0 Å². The van der Waals surface area contributed by atoms with Crippen LogP contribution in [0.15, 0.2) is 35.2 Å². The summed E-state index contributed by atoms with van der Waals surface area (Å²) >= 11 is 1.89. The molecule has 0 bridgehead atoms. The molecule has 0 aromatic heterocycles. The van der Waals surface area contributed by atoms with E-state index in [1.807, 2.05) is 22.7 Å². The van der Waals surface area contributed by atoms with Crippen molar-refractivity contribution < 1.29 is 9.53 Å². The number of thioether (sulfide) groups is 1. The second-order valence-corrected chi connectivity index (χ2v) is 6.72. The molecule has 22 heavy (non-hydrogen) atoms. The minimum Gasteiger partial charge on any atom is -0.366 e. The number of nitrogens with one attached hydrogen (secondary N) is 1. The number of carbonyl (C=O) groups is 1. The molecule has 1 aromatic rings. The minimum absolute atomic E-state index is 0. The Labute approximate surface area is 142 Å². The number of ether oxygens (including phenoxy) is 1. The SMILES string of the molecule is Cl.O=C(C1CNCCO1)N1CCC(CSc2ccccc2)C1. The van der Waals surface area contributed by atoms with Crippen LogP contribution in [0.3, 0.4) is 0 Å². The van der Waals surface area contributed by atoms with Crippen LogP contribution in [0.25, 0.3) is 0 Å². The van der Waals surface area contributed by atoms with Crippen molar-refractivity contribution in [1.29, 1.82) is 0 Å². The summed E-state index contributed by atoms with van der Waals surface area (Å²) in [5.74, 6) is 1.84. The van der Waals surface area contributed by atoms with Gasteiger partial charge in [-0.2, -0.15) is 0 Å². The summed E-state index contributed by atoms with van der Waals surface area (Å²) in [5.41, 5.74) is 0. The Bertz CT molecular complexity index is 468. The molecule has 0 radical (unpaired) electrons. The summed E-state index contributed by atoms with van der Waals surface area (Å²) in [6.07, 6.45) is 0.824.